The minimum Gasteiger partial charge on any atom is -0.455 e. The van der Waals surface area contributed by atoms with E-state index in [1.54, 1.807) is 4.90 Å². The zero-order valence-corrected chi connectivity index (χ0v) is 15.9. The molecule has 6 nitrogen and oxygen atoms in total. The second kappa shape index (κ2) is 9.17. The van der Waals surface area contributed by atoms with E-state index in [-0.39, 0.29) is 24.8 Å². The van der Waals surface area contributed by atoms with E-state index in [0.29, 0.717) is 13.1 Å². The molecular weight excluding hydrogens is 356 g/mol. The molecule has 1 fully saturated rings. The molecule has 2 aromatic rings. The number of nitrogens with one attached hydrogen (secondary N) is 1. The Morgan fingerprint density at radius 1 is 1.11 bits per heavy atom. The van der Waals surface area contributed by atoms with Crippen molar-refractivity contribution in [3.05, 3.63) is 65.7 Å². The lowest BCUT2D eigenvalue weighted by Crippen LogP contribution is -2.28. The number of hydrogen-bond donors (Lipinski definition) is 1. The first-order valence-corrected chi connectivity index (χ1v) is 9.43. The third kappa shape index (κ3) is 4.97. The van der Waals surface area contributed by atoms with Gasteiger partial charge in [0.2, 0.25) is 5.91 Å². The number of esters is 1. The predicted octanol–water partition coefficient (Wildman–Crippen LogP) is 2.78. The van der Waals surface area contributed by atoms with Crippen molar-refractivity contribution in [1.82, 2.24) is 4.90 Å². The Bertz CT molecular complexity index is 851. The first-order valence-electron chi connectivity index (χ1n) is 9.43. The minimum atomic E-state index is -0.535. The zero-order valence-electron chi connectivity index (χ0n) is 15.9. The molecule has 146 valence electrons. The molecule has 0 aromatic heterocycles. The summed E-state index contributed by atoms with van der Waals surface area (Å²) in [5.41, 5.74) is 2.75. The largest absolute Gasteiger partial charge is 0.455 e. The van der Waals surface area contributed by atoms with Gasteiger partial charge in [-0.2, -0.15) is 0 Å². The molecule has 0 bridgehead atoms. The second-order valence-electron chi connectivity index (χ2n) is 6.83. The second-order valence-corrected chi connectivity index (χ2v) is 6.83. The Labute approximate surface area is 164 Å². The molecule has 0 spiro atoms. The van der Waals surface area contributed by atoms with Gasteiger partial charge in [0.05, 0.1) is 5.92 Å². The van der Waals surface area contributed by atoms with Crippen LogP contribution in [0.15, 0.2) is 54.6 Å². The molecule has 0 saturated carbocycles. The van der Waals surface area contributed by atoms with Crippen molar-refractivity contribution in [3.63, 3.8) is 0 Å². The van der Waals surface area contributed by atoms with Gasteiger partial charge in [0.15, 0.2) is 6.61 Å². The van der Waals surface area contributed by atoms with Gasteiger partial charge in [0.1, 0.15) is 0 Å². The number of para-hydroxylation sites is 1. The number of aryl methyl sites for hydroxylation is 1. The van der Waals surface area contributed by atoms with Crippen LogP contribution in [-0.2, 0) is 32.1 Å². The van der Waals surface area contributed by atoms with Crippen LogP contribution in [0.25, 0.3) is 0 Å². The van der Waals surface area contributed by atoms with Crippen molar-refractivity contribution < 1.29 is 19.1 Å². The summed E-state index contributed by atoms with van der Waals surface area (Å²) in [6.07, 6.45) is 0.906. The van der Waals surface area contributed by atoms with E-state index in [1.165, 1.54) is 0 Å². The van der Waals surface area contributed by atoms with E-state index in [4.69, 9.17) is 4.74 Å². The van der Waals surface area contributed by atoms with E-state index in [1.807, 2.05) is 61.5 Å². The minimum absolute atomic E-state index is 0.0767. The van der Waals surface area contributed by atoms with Crippen LogP contribution < -0.4 is 5.32 Å². The van der Waals surface area contributed by atoms with E-state index < -0.39 is 11.9 Å². The molecule has 1 saturated heterocycles. The van der Waals surface area contributed by atoms with Gasteiger partial charge < -0.3 is 15.0 Å². The highest BCUT2D eigenvalue weighted by Gasteiger charge is 2.35. The van der Waals surface area contributed by atoms with E-state index >= 15 is 0 Å². The number of anilines is 1. The van der Waals surface area contributed by atoms with Gasteiger partial charge in [-0.15, -0.1) is 0 Å². The number of carbonyl (C=O) groups excluding carboxylic acids is 3. The van der Waals surface area contributed by atoms with Crippen molar-refractivity contribution in [2.75, 3.05) is 18.5 Å². The average molecular weight is 380 g/mol. The Morgan fingerprint density at radius 2 is 1.82 bits per heavy atom. The molecule has 3 rings (SSSR count). The average Bonchev–Trinajstić information content (AvgIpc) is 3.08. The van der Waals surface area contributed by atoms with Crippen molar-refractivity contribution in [3.8, 4) is 0 Å². The molecule has 1 aliphatic heterocycles. The molecule has 1 aliphatic rings. The first kappa shape index (κ1) is 19.6. The van der Waals surface area contributed by atoms with Gasteiger partial charge in [0, 0.05) is 25.2 Å². The van der Waals surface area contributed by atoms with Gasteiger partial charge in [-0.3, -0.25) is 14.4 Å². The Kier molecular flexibility index (Phi) is 6.42. The number of ether oxygens (including phenoxy) is 1. The Balaban J connectivity index is 1.48. The maximum Gasteiger partial charge on any atom is 0.311 e. The molecule has 0 radical (unpaired) electrons. The van der Waals surface area contributed by atoms with E-state index in [0.717, 1.165) is 23.2 Å². The number of hydrogen-bond acceptors (Lipinski definition) is 4. The van der Waals surface area contributed by atoms with Gasteiger partial charge in [0.25, 0.3) is 5.91 Å². The summed E-state index contributed by atoms with van der Waals surface area (Å²) in [5.74, 6) is -1.51. The molecule has 1 N–H and O–H groups in total. The van der Waals surface area contributed by atoms with Crippen LogP contribution in [0, 0.1) is 5.92 Å². The van der Waals surface area contributed by atoms with Crippen LogP contribution in [0.1, 0.15) is 24.5 Å². The van der Waals surface area contributed by atoms with Crippen LogP contribution in [0.4, 0.5) is 5.69 Å². The molecule has 1 heterocycles. The molecule has 0 unspecified atom stereocenters. The lowest BCUT2D eigenvalue weighted by atomic mass is 10.1. The maximum absolute atomic E-state index is 12.3. The normalized spacial score (nSPS) is 16.1. The standard InChI is InChI=1S/C22H24N2O4/c1-2-17-10-6-7-11-19(17)23-20(25)15-28-22(27)18-12-21(26)24(14-18)13-16-8-4-3-5-9-16/h3-11,18H,2,12-15H2,1H3,(H,23,25)/t18-/m1/s1. The number of carbonyl (C=O) groups is 3. The van der Waals surface area contributed by atoms with Crippen molar-refractivity contribution in [2.45, 2.75) is 26.3 Å². The number of benzene rings is 2. The summed E-state index contributed by atoms with van der Waals surface area (Å²) in [6.45, 7) is 2.42. The van der Waals surface area contributed by atoms with Gasteiger partial charge in [-0.25, -0.2) is 0 Å². The smallest absolute Gasteiger partial charge is 0.311 e. The van der Waals surface area contributed by atoms with Crippen LogP contribution in [-0.4, -0.2) is 35.8 Å². The van der Waals surface area contributed by atoms with E-state index in [9.17, 15) is 14.4 Å². The van der Waals surface area contributed by atoms with Gasteiger partial charge in [-0.1, -0.05) is 55.5 Å². The molecule has 28 heavy (non-hydrogen) atoms. The van der Waals surface area contributed by atoms with Gasteiger partial charge in [-0.05, 0) is 23.6 Å². The molecule has 0 aliphatic carbocycles. The molecular formula is C22H24N2O4. The fourth-order valence-electron chi connectivity index (χ4n) is 3.28. The predicted molar refractivity (Wildman–Crippen MR) is 105 cm³/mol. The van der Waals surface area contributed by atoms with Crippen LogP contribution in [0.2, 0.25) is 0 Å². The Hall–Kier alpha value is -3.15. The molecule has 1 atom stereocenters. The summed E-state index contributed by atoms with van der Waals surface area (Å²) in [4.78, 5) is 38.2. The maximum atomic E-state index is 12.3. The summed E-state index contributed by atoms with van der Waals surface area (Å²) >= 11 is 0. The van der Waals surface area contributed by atoms with E-state index in [2.05, 4.69) is 5.32 Å². The van der Waals surface area contributed by atoms with Gasteiger partial charge >= 0.3 is 5.97 Å². The summed E-state index contributed by atoms with van der Waals surface area (Å²) in [6, 6.07) is 17.1. The summed E-state index contributed by atoms with van der Waals surface area (Å²) in [5, 5.41) is 2.76. The number of amides is 2. The quantitative estimate of drug-likeness (QED) is 0.750. The number of rotatable bonds is 7. The highest BCUT2D eigenvalue weighted by atomic mass is 16.5. The third-order valence-corrected chi connectivity index (χ3v) is 4.78. The molecule has 6 heteroatoms. The zero-order chi connectivity index (χ0) is 19.9. The topological polar surface area (TPSA) is 75.7 Å². The lowest BCUT2D eigenvalue weighted by molar-refractivity contribution is -0.151. The Morgan fingerprint density at radius 3 is 2.57 bits per heavy atom. The number of nitrogens with zero attached hydrogens (tertiary/aromatic N) is 1. The SMILES string of the molecule is CCc1ccccc1NC(=O)COC(=O)[C@@H]1CC(=O)N(Cc2ccccc2)C1. The fourth-order valence-corrected chi connectivity index (χ4v) is 3.28. The van der Waals surface area contributed by atoms with Crippen molar-refractivity contribution in [2.24, 2.45) is 5.92 Å². The lowest BCUT2D eigenvalue weighted by Gasteiger charge is -2.16. The van der Waals surface area contributed by atoms with Crippen LogP contribution in [0.5, 0.6) is 0 Å². The van der Waals surface area contributed by atoms with Crippen molar-refractivity contribution >= 4 is 23.5 Å². The monoisotopic (exact) mass is 380 g/mol. The highest BCUT2D eigenvalue weighted by molar-refractivity contribution is 5.94. The van der Waals surface area contributed by atoms with Crippen molar-refractivity contribution in [1.29, 1.82) is 0 Å². The summed E-state index contributed by atoms with van der Waals surface area (Å²) < 4.78 is 5.15. The summed E-state index contributed by atoms with van der Waals surface area (Å²) in [7, 11) is 0. The number of likely N-dealkylation sites (tertiary alicyclic amines) is 1. The fraction of sp³-hybridized carbons (Fsp3) is 0.318. The molecule has 2 amide bonds. The van der Waals surface area contributed by atoms with Crippen LogP contribution in [0.3, 0.4) is 0 Å². The molecule has 2 aromatic carbocycles. The third-order valence-electron chi connectivity index (χ3n) is 4.78. The highest BCUT2D eigenvalue weighted by Crippen LogP contribution is 2.21. The van der Waals surface area contributed by atoms with Crippen LogP contribution >= 0.6 is 0 Å². The first-order chi connectivity index (χ1) is 13.6.